The Hall–Kier alpha value is -0.0100. The van der Waals surface area contributed by atoms with Gasteiger partial charge in [-0.15, -0.1) is 0 Å². The fourth-order valence-electron chi connectivity index (χ4n) is 3.08. The van der Waals surface area contributed by atoms with Gasteiger partial charge in [0.25, 0.3) is 0 Å². The number of quaternary nitrogens is 1. The van der Waals surface area contributed by atoms with Gasteiger partial charge in [0, 0.05) is 0 Å². The predicted molar refractivity (Wildman–Crippen MR) is 107 cm³/mol. The molecule has 0 aliphatic carbocycles. The van der Waals surface area contributed by atoms with Crippen molar-refractivity contribution in [2.24, 2.45) is 0 Å². The Labute approximate surface area is 160 Å². The third-order valence-electron chi connectivity index (χ3n) is 4.86. The topological polar surface area (TPSA) is 0 Å². The number of likely N-dealkylation sites (N-methyl/N-ethyl adjacent to an activating group) is 1. The molecule has 0 atom stereocenters. The van der Waals surface area contributed by atoms with Crippen molar-refractivity contribution in [3.8, 4) is 0 Å². The molecule has 0 saturated heterocycles. The largest absolute Gasteiger partial charge is 1.00 e. The van der Waals surface area contributed by atoms with Gasteiger partial charge in [0.2, 0.25) is 0 Å². The standard InChI is InChI=1S/C22H46N.ClH/c1-5-7-9-10-11-12-13-14-15-16-17-18-19-20-22-23(3,4)21-8-6-2;/h19-20H,5-18,21-22H2,1-4H3;1H/q+1;/p-1. The lowest BCUT2D eigenvalue weighted by Gasteiger charge is -2.28. The summed E-state index contributed by atoms with van der Waals surface area (Å²) in [5, 5.41) is 0. The second-order valence-corrected chi connectivity index (χ2v) is 7.99. The summed E-state index contributed by atoms with van der Waals surface area (Å²) in [6.07, 6.45) is 24.6. The summed E-state index contributed by atoms with van der Waals surface area (Å²) in [6, 6.07) is 0. The molecule has 0 rings (SSSR count). The van der Waals surface area contributed by atoms with Gasteiger partial charge in [-0.25, -0.2) is 0 Å². The molecular weight excluding hydrogens is 314 g/mol. The molecule has 0 amide bonds. The van der Waals surface area contributed by atoms with Crippen LogP contribution in [0.4, 0.5) is 0 Å². The van der Waals surface area contributed by atoms with Gasteiger partial charge >= 0.3 is 0 Å². The zero-order valence-corrected chi connectivity index (χ0v) is 18.0. The first kappa shape index (κ1) is 26.2. The first-order valence-electron chi connectivity index (χ1n) is 10.6. The molecule has 0 aromatic rings. The Balaban J connectivity index is 0. The molecule has 1 nitrogen and oxygen atoms in total. The molecule has 0 aliphatic heterocycles. The Morgan fingerprint density at radius 3 is 1.54 bits per heavy atom. The number of unbranched alkanes of at least 4 members (excludes halogenated alkanes) is 12. The fourth-order valence-corrected chi connectivity index (χ4v) is 3.08. The molecule has 0 N–H and O–H groups in total. The van der Waals surface area contributed by atoms with E-state index in [4.69, 9.17) is 0 Å². The van der Waals surface area contributed by atoms with Crippen LogP contribution in [0.15, 0.2) is 12.2 Å². The number of halogens is 1. The first-order valence-corrected chi connectivity index (χ1v) is 10.6. The molecule has 0 bridgehead atoms. The molecule has 0 aliphatic rings. The van der Waals surface area contributed by atoms with Crippen LogP contribution in [-0.2, 0) is 0 Å². The van der Waals surface area contributed by atoms with Gasteiger partial charge in [-0.05, 0) is 25.3 Å². The van der Waals surface area contributed by atoms with Crippen LogP contribution in [0, 0.1) is 0 Å². The van der Waals surface area contributed by atoms with Gasteiger partial charge in [-0.2, -0.15) is 0 Å². The minimum absolute atomic E-state index is 0. The molecule has 0 fully saturated rings. The summed E-state index contributed by atoms with van der Waals surface area (Å²) >= 11 is 0. The molecule has 0 unspecified atom stereocenters. The van der Waals surface area contributed by atoms with Crippen molar-refractivity contribution in [2.75, 3.05) is 27.2 Å². The van der Waals surface area contributed by atoms with Crippen molar-refractivity contribution >= 4 is 0 Å². The summed E-state index contributed by atoms with van der Waals surface area (Å²) in [7, 11) is 4.70. The number of nitrogens with zero attached hydrogens (tertiary/aromatic N) is 1. The summed E-state index contributed by atoms with van der Waals surface area (Å²) in [5.41, 5.74) is 0. The molecular formula is C22H46ClN. The van der Waals surface area contributed by atoms with E-state index in [1.54, 1.807) is 0 Å². The quantitative estimate of drug-likeness (QED) is 0.208. The SMILES string of the molecule is CCCCCCCCCCCCCC=CC[N+](C)(C)CCCC.[Cl-]. The monoisotopic (exact) mass is 359 g/mol. The molecule has 24 heavy (non-hydrogen) atoms. The summed E-state index contributed by atoms with van der Waals surface area (Å²) in [4.78, 5) is 0. The van der Waals surface area contributed by atoms with E-state index >= 15 is 0 Å². The summed E-state index contributed by atoms with van der Waals surface area (Å²) in [6.45, 7) is 7.07. The van der Waals surface area contributed by atoms with Crippen molar-refractivity contribution in [2.45, 2.75) is 104 Å². The number of hydrogen-bond donors (Lipinski definition) is 0. The van der Waals surface area contributed by atoms with Crippen LogP contribution >= 0.6 is 0 Å². The molecule has 0 radical (unpaired) electrons. The van der Waals surface area contributed by atoms with E-state index in [-0.39, 0.29) is 12.4 Å². The molecule has 146 valence electrons. The van der Waals surface area contributed by atoms with Gasteiger partial charge in [0.1, 0.15) is 0 Å². The second-order valence-electron chi connectivity index (χ2n) is 7.99. The zero-order valence-electron chi connectivity index (χ0n) is 17.3. The van der Waals surface area contributed by atoms with E-state index in [2.05, 4.69) is 40.1 Å². The fraction of sp³-hybridized carbons (Fsp3) is 0.909. The minimum atomic E-state index is 0. The van der Waals surface area contributed by atoms with E-state index in [1.807, 2.05) is 0 Å². The summed E-state index contributed by atoms with van der Waals surface area (Å²) in [5.74, 6) is 0. The zero-order chi connectivity index (χ0) is 17.2. The van der Waals surface area contributed by atoms with Gasteiger partial charge in [-0.3, -0.25) is 0 Å². The van der Waals surface area contributed by atoms with E-state index in [0.29, 0.717) is 0 Å². The van der Waals surface area contributed by atoms with Crippen LogP contribution in [0.25, 0.3) is 0 Å². The Kier molecular flexibility index (Phi) is 21.1. The molecule has 0 aromatic carbocycles. The van der Waals surface area contributed by atoms with Crippen molar-refractivity contribution in [1.29, 1.82) is 0 Å². The molecule has 0 aromatic heterocycles. The normalized spacial score (nSPS) is 11.8. The minimum Gasteiger partial charge on any atom is -1.00 e. The van der Waals surface area contributed by atoms with Gasteiger partial charge in [0.15, 0.2) is 0 Å². The third kappa shape index (κ3) is 20.0. The Morgan fingerprint density at radius 1 is 0.583 bits per heavy atom. The maximum atomic E-state index is 2.42. The van der Waals surface area contributed by atoms with Crippen molar-refractivity contribution in [1.82, 2.24) is 0 Å². The van der Waals surface area contributed by atoms with Crippen LogP contribution in [0.5, 0.6) is 0 Å². The van der Waals surface area contributed by atoms with Crippen LogP contribution in [0.2, 0.25) is 0 Å². The van der Waals surface area contributed by atoms with Gasteiger partial charge < -0.3 is 16.9 Å². The van der Waals surface area contributed by atoms with Crippen LogP contribution in [-0.4, -0.2) is 31.7 Å². The third-order valence-corrected chi connectivity index (χ3v) is 4.86. The lowest BCUT2D eigenvalue weighted by molar-refractivity contribution is -0.884. The number of hydrogen-bond acceptors (Lipinski definition) is 0. The highest BCUT2D eigenvalue weighted by Crippen LogP contribution is 2.12. The maximum absolute atomic E-state index is 2.42. The Morgan fingerprint density at radius 2 is 1.04 bits per heavy atom. The number of rotatable bonds is 17. The molecule has 0 heterocycles. The molecule has 2 heteroatoms. The van der Waals surface area contributed by atoms with Crippen molar-refractivity contribution in [3.63, 3.8) is 0 Å². The van der Waals surface area contributed by atoms with Gasteiger partial charge in [-0.1, -0.05) is 90.6 Å². The number of allylic oxidation sites excluding steroid dienone is 1. The highest BCUT2D eigenvalue weighted by atomic mass is 35.5. The van der Waals surface area contributed by atoms with E-state index in [0.717, 1.165) is 4.48 Å². The van der Waals surface area contributed by atoms with Crippen molar-refractivity contribution < 1.29 is 16.9 Å². The second kappa shape index (κ2) is 19.3. The average Bonchev–Trinajstić information content (AvgIpc) is 2.53. The van der Waals surface area contributed by atoms with E-state index in [1.165, 1.54) is 103 Å². The maximum Gasteiger partial charge on any atom is 0.0969 e. The molecule has 0 saturated carbocycles. The van der Waals surface area contributed by atoms with Crippen LogP contribution in [0.1, 0.15) is 104 Å². The average molecular weight is 360 g/mol. The van der Waals surface area contributed by atoms with E-state index < -0.39 is 0 Å². The van der Waals surface area contributed by atoms with Crippen LogP contribution < -0.4 is 12.4 Å². The summed E-state index contributed by atoms with van der Waals surface area (Å²) < 4.78 is 1.14. The first-order chi connectivity index (χ1) is 11.1. The van der Waals surface area contributed by atoms with Crippen LogP contribution in [0.3, 0.4) is 0 Å². The highest BCUT2D eigenvalue weighted by molar-refractivity contribution is 4.81. The van der Waals surface area contributed by atoms with E-state index in [9.17, 15) is 0 Å². The van der Waals surface area contributed by atoms with Gasteiger partial charge in [0.05, 0.1) is 27.2 Å². The lowest BCUT2D eigenvalue weighted by atomic mass is 10.1. The smallest absolute Gasteiger partial charge is 0.0969 e. The Bertz CT molecular complexity index is 261. The lowest BCUT2D eigenvalue weighted by Crippen LogP contribution is -3.00. The van der Waals surface area contributed by atoms with Crippen molar-refractivity contribution in [3.05, 3.63) is 12.2 Å². The highest BCUT2D eigenvalue weighted by Gasteiger charge is 2.10. The predicted octanol–water partition coefficient (Wildman–Crippen LogP) is 4.12. The molecule has 0 spiro atoms.